The van der Waals surface area contributed by atoms with Crippen LogP contribution in [0.1, 0.15) is 12.8 Å². The molecule has 19 heavy (non-hydrogen) atoms. The van der Waals surface area contributed by atoms with E-state index in [1.54, 1.807) is 18.5 Å². The second-order valence-electron chi connectivity index (χ2n) is 4.40. The monoisotopic (exact) mass is 257 g/mol. The summed E-state index contributed by atoms with van der Waals surface area (Å²) in [7, 11) is 0. The highest BCUT2D eigenvalue weighted by atomic mass is 16.5. The third-order valence-corrected chi connectivity index (χ3v) is 3.08. The van der Waals surface area contributed by atoms with Gasteiger partial charge in [-0.15, -0.1) is 0 Å². The Morgan fingerprint density at radius 1 is 1.21 bits per heavy atom. The van der Waals surface area contributed by atoms with E-state index < -0.39 is 0 Å². The highest BCUT2D eigenvalue weighted by Crippen LogP contribution is 2.32. The molecular formula is C13H15N5O. The summed E-state index contributed by atoms with van der Waals surface area (Å²) in [5, 5.41) is 0. The van der Waals surface area contributed by atoms with Crippen LogP contribution in [0.25, 0.3) is 0 Å². The number of ether oxygens (including phenoxy) is 1. The van der Waals surface area contributed by atoms with E-state index in [0.717, 1.165) is 18.9 Å². The third-order valence-electron chi connectivity index (χ3n) is 3.08. The van der Waals surface area contributed by atoms with Gasteiger partial charge >= 0.3 is 0 Å². The van der Waals surface area contributed by atoms with E-state index in [4.69, 9.17) is 10.5 Å². The number of nitrogens with zero attached hydrogens (tertiary/aromatic N) is 4. The molecule has 0 spiro atoms. The lowest BCUT2D eigenvalue weighted by Gasteiger charge is -2.18. The van der Waals surface area contributed by atoms with Gasteiger partial charge in [0.25, 0.3) is 0 Å². The minimum Gasteiger partial charge on any atom is -0.435 e. The number of nitrogens with two attached hydrogens (primary N) is 1. The summed E-state index contributed by atoms with van der Waals surface area (Å²) >= 11 is 0. The Kier molecular flexibility index (Phi) is 3.14. The largest absolute Gasteiger partial charge is 0.435 e. The first-order valence-electron chi connectivity index (χ1n) is 6.28. The van der Waals surface area contributed by atoms with Gasteiger partial charge in [0, 0.05) is 19.3 Å². The molecule has 0 saturated carbocycles. The SMILES string of the molecule is Nc1c(Oc2cccnc2)ncnc1N1CCCC1. The molecule has 0 atom stereocenters. The van der Waals surface area contributed by atoms with Crippen LogP contribution in [0, 0.1) is 0 Å². The molecule has 2 aromatic rings. The Bertz CT molecular complexity index is 554. The van der Waals surface area contributed by atoms with Crippen LogP contribution in [0.2, 0.25) is 0 Å². The predicted octanol–water partition coefficient (Wildman–Crippen LogP) is 1.85. The number of anilines is 2. The minimum absolute atomic E-state index is 0.380. The van der Waals surface area contributed by atoms with Crippen molar-refractivity contribution in [2.75, 3.05) is 23.7 Å². The van der Waals surface area contributed by atoms with Crippen molar-refractivity contribution in [3.63, 3.8) is 0 Å². The first-order chi connectivity index (χ1) is 9.34. The molecule has 0 unspecified atom stereocenters. The highest BCUT2D eigenvalue weighted by Gasteiger charge is 2.19. The van der Waals surface area contributed by atoms with Crippen molar-refractivity contribution in [1.82, 2.24) is 15.0 Å². The van der Waals surface area contributed by atoms with E-state index in [-0.39, 0.29) is 0 Å². The first-order valence-corrected chi connectivity index (χ1v) is 6.28. The van der Waals surface area contributed by atoms with Crippen molar-refractivity contribution in [1.29, 1.82) is 0 Å². The van der Waals surface area contributed by atoms with Gasteiger partial charge in [-0.25, -0.2) is 4.98 Å². The van der Waals surface area contributed by atoms with E-state index in [0.29, 0.717) is 17.3 Å². The molecular weight excluding hydrogens is 242 g/mol. The maximum absolute atomic E-state index is 6.10. The van der Waals surface area contributed by atoms with Gasteiger partial charge in [-0.1, -0.05) is 0 Å². The van der Waals surface area contributed by atoms with E-state index in [9.17, 15) is 0 Å². The second kappa shape index (κ2) is 5.09. The maximum Gasteiger partial charge on any atom is 0.248 e. The Morgan fingerprint density at radius 2 is 2.05 bits per heavy atom. The Morgan fingerprint density at radius 3 is 2.79 bits per heavy atom. The summed E-state index contributed by atoms with van der Waals surface area (Å²) in [4.78, 5) is 14.5. The lowest BCUT2D eigenvalue weighted by atomic mass is 10.4. The number of pyridine rings is 1. The van der Waals surface area contributed by atoms with Gasteiger partial charge < -0.3 is 15.4 Å². The van der Waals surface area contributed by atoms with E-state index >= 15 is 0 Å². The average Bonchev–Trinajstić information content (AvgIpc) is 2.96. The Hall–Kier alpha value is -2.37. The third kappa shape index (κ3) is 2.42. The summed E-state index contributed by atoms with van der Waals surface area (Å²) in [6, 6.07) is 3.61. The summed E-state index contributed by atoms with van der Waals surface area (Å²) in [5.41, 5.74) is 6.58. The normalized spacial score (nSPS) is 14.6. The maximum atomic E-state index is 6.10. The molecule has 0 bridgehead atoms. The van der Waals surface area contributed by atoms with Crippen LogP contribution in [0.3, 0.4) is 0 Å². The zero-order valence-electron chi connectivity index (χ0n) is 10.5. The van der Waals surface area contributed by atoms with Crippen molar-refractivity contribution in [3.8, 4) is 11.6 Å². The molecule has 6 heteroatoms. The Balaban J connectivity index is 1.88. The Labute approximate surface area is 111 Å². The van der Waals surface area contributed by atoms with Crippen LogP contribution in [0.15, 0.2) is 30.9 Å². The molecule has 0 aliphatic carbocycles. The molecule has 1 aliphatic heterocycles. The quantitative estimate of drug-likeness (QED) is 0.904. The summed E-state index contributed by atoms with van der Waals surface area (Å²) in [6.45, 7) is 1.96. The molecule has 3 heterocycles. The number of rotatable bonds is 3. The van der Waals surface area contributed by atoms with Crippen LogP contribution >= 0.6 is 0 Å². The molecule has 1 aliphatic rings. The first kappa shape index (κ1) is 11.7. The minimum atomic E-state index is 0.380. The summed E-state index contributed by atoms with van der Waals surface area (Å²) in [6.07, 6.45) is 7.13. The number of nitrogen functional groups attached to an aromatic ring is 1. The van der Waals surface area contributed by atoms with E-state index in [1.807, 2.05) is 6.07 Å². The van der Waals surface area contributed by atoms with Crippen LogP contribution in [-0.4, -0.2) is 28.0 Å². The zero-order chi connectivity index (χ0) is 13.1. The fraction of sp³-hybridized carbons (Fsp3) is 0.308. The standard InChI is InChI=1S/C13H15N5O/c14-11-12(18-6-1-2-7-18)16-9-17-13(11)19-10-4-3-5-15-8-10/h3-5,8-9H,1-2,6-7,14H2. The van der Waals surface area contributed by atoms with Crippen LogP contribution < -0.4 is 15.4 Å². The van der Waals surface area contributed by atoms with Gasteiger partial charge in [0.2, 0.25) is 5.88 Å². The molecule has 2 N–H and O–H groups in total. The fourth-order valence-electron chi connectivity index (χ4n) is 2.15. The predicted molar refractivity (Wildman–Crippen MR) is 72.2 cm³/mol. The van der Waals surface area contributed by atoms with Gasteiger partial charge in [-0.2, -0.15) is 4.98 Å². The van der Waals surface area contributed by atoms with Crippen molar-refractivity contribution < 1.29 is 4.74 Å². The van der Waals surface area contributed by atoms with Crippen molar-refractivity contribution in [2.24, 2.45) is 0 Å². The van der Waals surface area contributed by atoms with Crippen LogP contribution in [-0.2, 0) is 0 Å². The van der Waals surface area contributed by atoms with Gasteiger partial charge in [-0.3, -0.25) is 4.98 Å². The van der Waals surface area contributed by atoms with Gasteiger partial charge in [0.15, 0.2) is 5.82 Å². The molecule has 6 nitrogen and oxygen atoms in total. The zero-order valence-corrected chi connectivity index (χ0v) is 10.5. The molecule has 98 valence electrons. The van der Waals surface area contributed by atoms with E-state index in [2.05, 4.69) is 19.9 Å². The van der Waals surface area contributed by atoms with Crippen LogP contribution in [0.5, 0.6) is 11.6 Å². The second-order valence-corrected chi connectivity index (χ2v) is 4.40. The van der Waals surface area contributed by atoms with Gasteiger partial charge in [0.05, 0.1) is 6.20 Å². The fourth-order valence-corrected chi connectivity index (χ4v) is 2.15. The average molecular weight is 257 g/mol. The smallest absolute Gasteiger partial charge is 0.248 e. The number of hydrogen-bond donors (Lipinski definition) is 1. The van der Waals surface area contributed by atoms with Crippen LogP contribution in [0.4, 0.5) is 11.5 Å². The lowest BCUT2D eigenvalue weighted by molar-refractivity contribution is 0.462. The molecule has 2 aromatic heterocycles. The van der Waals surface area contributed by atoms with Gasteiger partial charge in [0.1, 0.15) is 17.8 Å². The molecule has 1 saturated heterocycles. The molecule has 0 radical (unpaired) electrons. The van der Waals surface area contributed by atoms with Gasteiger partial charge in [-0.05, 0) is 25.0 Å². The highest BCUT2D eigenvalue weighted by molar-refractivity contribution is 5.68. The molecule has 1 fully saturated rings. The lowest BCUT2D eigenvalue weighted by Crippen LogP contribution is -2.20. The summed E-state index contributed by atoms with van der Waals surface area (Å²) < 4.78 is 5.64. The van der Waals surface area contributed by atoms with Crippen molar-refractivity contribution in [2.45, 2.75) is 12.8 Å². The molecule has 3 rings (SSSR count). The number of hydrogen-bond acceptors (Lipinski definition) is 6. The molecule has 0 aromatic carbocycles. The topological polar surface area (TPSA) is 77.2 Å². The van der Waals surface area contributed by atoms with E-state index in [1.165, 1.54) is 19.2 Å². The van der Waals surface area contributed by atoms with Crippen molar-refractivity contribution in [3.05, 3.63) is 30.9 Å². The van der Waals surface area contributed by atoms with Crippen molar-refractivity contribution >= 4 is 11.5 Å². The number of aromatic nitrogens is 3. The molecule has 0 amide bonds. The summed E-state index contributed by atoms with van der Waals surface area (Å²) in [5.74, 6) is 1.75.